The number of hydrogen-bond donors (Lipinski definition) is 1. The summed E-state index contributed by atoms with van der Waals surface area (Å²) >= 11 is 0. The van der Waals surface area contributed by atoms with Crippen molar-refractivity contribution >= 4 is 11.7 Å². The molecule has 0 amide bonds. The third-order valence-corrected chi connectivity index (χ3v) is 2.10. The van der Waals surface area contributed by atoms with Crippen LogP contribution in [0.4, 0.5) is 5.69 Å². The summed E-state index contributed by atoms with van der Waals surface area (Å²) in [6.45, 7) is 4.16. The third kappa shape index (κ3) is 3.28. The molecular formula is C12H14N2O2. The van der Waals surface area contributed by atoms with Gasteiger partial charge < -0.3 is 10.1 Å². The zero-order chi connectivity index (χ0) is 12.0. The minimum Gasteiger partial charge on any atom is -0.465 e. The van der Waals surface area contributed by atoms with E-state index < -0.39 is 0 Å². The summed E-state index contributed by atoms with van der Waals surface area (Å²) in [5.74, 6) is -0.302. The van der Waals surface area contributed by atoms with E-state index in [1.807, 2.05) is 13.0 Å². The van der Waals surface area contributed by atoms with E-state index in [2.05, 4.69) is 11.4 Å². The lowest BCUT2D eigenvalue weighted by Crippen LogP contribution is -2.17. The van der Waals surface area contributed by atoms with E-state index >= 15 is 0 Å². The molecule has 1 aromatic rings. The summed E-state index contributed by atoms with van der Waals surface area (Å²) in [5, 5.41) is 11.7. The van der Waals surface area contributed by atoms with E-state index in [9.17, 15) is 4.79 Å². The van der Waals surface area contributed by atoms with Crippen molar-refractivity contribution in [3.05, 3.63) is 29.3 Å². The van der Waals surface area contributed by atoms with Gasteiger partial charge in [-0.05, 0) is 31.5 Å². The maximum Gasteiger partial charge on any atom is 0.325 e. The summed E-state index contributed by atoms with van der Waals surface area (Å²) in [6, 6.07) is 7.35. The van der Waals surface area contributed by atoms with Crippen LogP contribution in [0.2, 0.25) is 0 Å². The van der Waals surface area contributed by atoms with E-state index in [0.717, 1.165) is 11.3 Å². The first-order valence-corrected chi connectivity index (χ1v) is 5.07. The fraction of sp³-hybridized carbons (Fsp3) is 0.333. The van der Waals surface area contributed by atoms with Gasteiger partial charge in [-0.25, -0.2) is 0 Å². The molecule has 4 nitrogen and oxygen atoms in total. The normalized spacial score (nSPS) is 9.31. The summed E-state index contributed by atoms with van der Waals surface area (Å²) in [6.07, 6.45) is 0. The largest absolute Gasteiger partial charge is 0.465 e. The molecule has 1 N–H and O–H groups in total. The molecule has 0 aliphatic rings. The predicted octanol–water partition coefficient (Wildman–Crippen LogP) is 1.84. The Morgan fingerprint density at radius 3 is 2.94 bits per heavy atom. The molecule has 16 heavy (non-hydrogen) atoms. The smallest absolute Gasteiger partial charge is 0.325 e. The Morgan fingerprint density at radius 1 is 1.56 bits per heavy atom. The molecule has 0 unspecified atom stereocenters. The van der Waals surface area contributed by atoms with Crippen molar-refractivity contribution in [2.24, 2.45) is 0 Å². The average molecular weight is 218 g/mol. The van der Waals surface area contributed by atoms with Gasteiger partial charge in [0, 0.05) is 5.69 Å². The number of carbonyl (C=O) groups excluding carboxylic acids is 1. The van der Waals surface area contributed by atoms with Crippen LogP contribution in [0, 0.1) is 18.3 Å². The van der Waals surface area contributed by atoms with Crippen LogP contribution in [0.25, 0.3) is 0 Å². The predicted molar refractivity (Wildman–Crippen MR) is 61.0 cm³/mol. The van der Waals surface area contributed by atoms with E-state index in [0.29, 0.717) is 12.2 Å². The van der Waals surface area contributed by atoms with Gasteiger partial charge in [0.1, 0.15) is 6.54 Å². The van der Waals surface area contributed by atoms with Crippen LogP contribution in [0.15, 0.2) is 18.2 Å². The fourth-order valence-corrected chi connectivity index (χ4v) is 1.26. The molecule has 0 spiro atoms. The number of ether oxygens (including phenoxy) is 1. The van der Waals surface area contributed by atoms with Crippen molar-refractivity contribution in [2.75, 3.05) is 18.5 Å². The Hall–Kier alpha value is -2.02. The molecule has 0 saturated carbocycles. The minimum absolute atomic E-state index is 0.115. The number of nitrogens with one attached hydrogen (secondary N) is 1. The number of benzene rings is 1. The van der Waals surface area contributed by atoms with Crippen LogP contribution in [-0.2, 0) is 9.53 Å². The molecule has 0 aliphatic heterocycles. The molecule has 0 aromatic heterocycles. The lowest BCUT2D eigenvalue weighted by atomic mass is 10.1. The van der Waals surface area contributed by atoms with Crippen molar-refractivity contribution in [1.82, 2.24) is 0 Å². The van der Waals surface area contributed by atoms with Crippen LogP contribution in [-0.4, -0.2) is 19.1 Å². The first kappa shape index (κ1) is 12.1. The summed E-state index contributed by atoms with van der Waals surface area (Å²) < 4.78 is 4.79. The monoisotopic (exact) mass is 218 g/mol. The lowest BCUT2D eigenvalue weighted by Gasteiger charge is -2.09. The van der Waals surface area contributed by atoms with Crippen molar-refractivity contribution in [2.45, 2.75) is 13.8 Å². The van der Waals surface area contributed by atoms with Gasteiger partial charge in [-0.1, -0.05) is 6.07 Å². The van der Waals surface area contributed by atoms with Gasteiger partial charge >= 0.3 is 5.97 Å². The second kappa shape index (κ2) is 5.76. The third-order valence-electron chi connectivity index (χ3n) is 2.10. The summed E-state index contributed by atoms with van der Waals surface area (Å²) in [7, 11) is 0. The van der Waals surface area contributed by atoms with Gasteiger partial charge in [-0.2, -0.15) is 5.26 Å². The Balaban J connectivity index is 2.66. The van der Waals surface area contributed by atoms with E-state index in [1.54, 1.807) is 19.1 Å². The number of rotatable bonds is 4. The van der Waals surface area contributed by atoms with Crippen molar-refractivity contribution < 1.29 is 9.53 Å². The standard InChI is InChI=1S/C12H14N2O2/c1-3-16-12(15)8-14-11-6-10(7-13)5-4-9(11)2/h4-6,14H,3,8H2,1-2H3. The first-order valence-electron chi connectivity index (χ1n) is 5.07. The average Bonchev–Trinajstić information content (AvgIpc) is 2.28. The molecule has 1 aromatic carbocycles. The van der Waals surface area contributed by atoms with Crippen LogP contribution in [0.3, 0.4) is 0 Å². The quantitative estimate of drug-likeness (QED) is 0.783. The Kier molecular flexibility index (Phi) is 4.34. The summed E-state index contributed by atoms with van der Waals surface area (Å²) in [4.78, 5) is 11.1. The van der Waals surface area contributed by atoms with Crippen LogP contribution < -0.4 is 5.32 Å². The van der Waals surface area contributed by atoms with Gasteiger partial charge in [-0.3, -0.25) is 4.79 Å². The maximum atomic E-state index is 11.1. The number of nitrogens with zero attached hydrogens (tertiary/aromatic N) is 1. The van der Waals surface area contributed by atoms with Gasteiger partial charge in [0.25, 0.3) is 0 Å². The second-order valence-electron chi connectivity index (χ2n) is 3.30. The van der Waals surface area contributed by atoms with E-state index in [-0.39, 0.29) is 12.5 Å². The number of esters is 1. The van der Waals surface area contributed by atoms with Crippen molar-refractivity contribution in [3.8, 4) is 6.07 Å². The fourth-order valence-electron chi connectivity index (χ4n) is 1.26. The highest BCUT2D eigenvalue weighted by molar-refractivity contribution is 5.75. The number of hydrogen-bond acceptors (Lipinski definition) is 4. The van der Waals surface area contributed by atoms with Gasteiger partial charge in [-0.15, -0.1) is 0 Å². The van der Waals surface area contributed by atoms with Crippen LogP contribution in [0.1, 0.15) is 18.1 Å². The maximum absolute atomic E-state index is 11.1. The molecule has 0 saturated heterocycles. The number of carbonyl (C=O) groups is 1. The molecule has 0 fully saturated rings. The number of aryl methyl sites for hydroxylation is 1. The number of anilines is 1. The highest BCUT2D eigenvalue weighted by atomic mass is 16.5. The molecular weight excluding hydrogens is 204 g/mol. The van der Waals surface area contributed by atoms with E-state index in [4.69, 9.17) is 10.00 Å². The molecule has 0 aliphatic carbocycles. The minimum atomic E-state index is -0.302. The SMILES string of the molecule is CCOC(=O)CNc1cc(C#N)ccc1C. The van der Waals surface area contributed by atoms with Gasteiger partial charge in [0.2, 0.25) is 0 Å². The first-order chi connectivity index (χ1) is 7.67. The zero-order valence-electron chi connectivity index (χ0n) is 9.41. The van der Waals surface area contributed by atoms with Crippen LogP contribution >= 0.6 is 0 Å². The Bertz CT molecular complexity index is 422. The molecule has 0 heterocycles. The van der Waals surface area contributed by atoms with Crippen molar-refractivity contribution in [1.29, 1.82) is 5.26 Å². The zero-order valence-corrected chi connectivity index (χ0v) is 9.41. The highest BCUT2D eigenvalue weighted by Gasteiger charge is 2.04. The molecule has 0 atom stereocenters. The number of nitriles is 1. The second-order valence-corrected chi connectivity index (χ2v) is 3.30. The lowest BCUT2D eigenvalue weighted by molar-refractivity contribution is -0.140. The Labute approximate surface area is 94.8 Å². The topological polar surface area (TPSA) is 62.1 Å². The molecule has 1 rings (SSSR count). The van der Waals surface area contributed by atoms with E-state index in [1.165, 1.54) is 0 Å². The van der Waals surface area contributed by atoms with Crippen molar-refractivity contribution in [3.63, 3.8) is 0 Å². The van der Waals surface area contributed by atoms with Crippen LogP contribution in [0.5, 0.6) is 0 Å². The molecule has 4 heteroatoms. The summed E-state index contributed by atoms with van der Waals surface area (Å²) in [5.41, 5.74) is 2.34. The molecule has 0 radical (unpaired) electrons. The molecule has 0 bridgehead atoms. The Morgan fingerprint density at radius 2 is 2.31 bits per heavy atom. The van der Waals surface area contributed by atoms with Gasteiger partial charge in [0.15, 0.2) is 0 Å². The molecule has 84 valence electrons. The highest BCUT2D eigenvalue weighted by Crippen LogP contribution is 2.15. The van der Waals surface area contributed by atoms with Gasteiger partial charge in [0.05, 0.1) is 18.2 Å².